The molecule has 1 aromatic rings. The molecule has 1 saturated heterocycles. The van der Waals surface area contributed by atoms with E-state index in [0.29, 0.717) is 12.1 Å². The average Bonchev–Trinajstić information content (AvgIpc) is 2.96. The monoisotopic (exact) mass is 278 g/mol. The van der Waals surface area contributed by atoms with Crippen LogP contribution in [0.3, 0.4) is 0 Å². The highest BCUT2D eigenvalue weighted by atomic mass is 16.6. The minimum absolute atomic E-state index is 0.000756. The van der Waals surface area contributed by atoms with E-state index in [2.05, 4.69) is 5.32 Å². The normalized spacial score (nSPS) is 15.2. The quantitative estimate of drug-likeness (QED) is 0.449. The van der Waals surface area contributed by atoms with Gasteiger partial charge in [0.2, 0.25) is 0 Å². The number of rotatable bonds is 6. The van der Waals surface area contributed by atoms with E-state index < -0.39 is 4.92 Å². The Morgan fingerprint density at radius 3 is 2.50 bits per heavy atom. The van der Waals surface area contributed by atoms with Crippen LogP contribution in [0.1, 0.15) is 29.6 Å². The first-order valence-corrected chi connectivity index (χ1v) is 7.03. The Hall–Kier alpha value is -1.95. The molecule has 1 aliphatic rings. The van der Waals surface area contributed by atoms with Crippen molar-refractivity contribution in [3.8, 4) is 0 Å². The number of nitrogens with one attached hydrogen (secondary N) is 2. The third kappa shape index (κ3) is 4.03. The van der Waals surface area contributed by atoms with Crippen LogP contribution in [-0.4, -0.2) is 37.0 Å². The second kappa shape index (κ2) is 7.00. The van der Waals surface area contributed by atoms with Crippen LogP contribution in [-0.2, 0) is 0 Å². The molecule has 1 fully saturated rings. The summed E-state index contributed by atoms with van der Waals surface area (Å²) in [6.45, 7) is 4.24. The van der Waals surface area contributed by atoms with Gasteiger partial charge in [0.15, 0.2) is 0 Å². The third-order valence-electron chi connectivity index (χ3n) is 3.64. The molecule has 108 valence electrons. The van der Waals surface area contributed by atoms with E-state index in [9.17, 15) is 14.9 Å². The number of nitro groups is 1. The fourth-order valence-corrected chi connectivity index (χ4v) is 2.50. The molecule has 1 amide bonds. The van der Waals surface area contributed by atoms with Gasteiger partial charge < -0.3 is 10.2 Å². The minimum Gasteiger partial charge on any atom is -0.352 e. The van der Waals surface area contributed by atoms with Crippen molar-refractivity contribution in [3.63, 3.8) is 0 Å². The van der Waals surface area contributed by atoms with E-state index in [-0.39, 0.29) is 11.6 Å². The Morgan fingerprint density at radius 2 is 1.90 bits per heavy atom. The van der Waals surface area contributed by atoms with Crippen LogP contribution in [0.4, 0.5) is 5.69 Å². The topological polar surface area (TPSA) is 76.7 Å². The third-order valence-corrected chi connectivity index (χ3v) is 3.64. The van der Waals surface area contributed by atoms with E-state index in [0.717, 1.165) is 13.0 Å². The number of hydrogen-bond donors (Lipinski definition) is 2. The van der Waals surface area contributed by atoms with Crippen LogP contribution < -0.4 is 10.2 Å². The number of likely N-dealkylation sites (tertiary alicyclic amines) is 1. The lowest BCUT2D eigenvalue weighted by molar-refractivity contribution is -0.887. The van der Waals surface area contributed by atoms with Gasteiger partial charge in [0.25, 0.3) is 11.6 Å². The standard InChI is InChI=1S/C14H19N3O3/c18-14(12-4-6-13(7-5-12)17(19)20)15-8-3-11-16-9-1-2-10-16/h4-7H,1-3,8-11H2,(H,15,18)/p+1. The summed E-state index contributed by atoms with van der Waals surface area (Å²) in [5, 5.41) is 13.4. The van der Waals surface area contributed by atoms with Crippen molar-refractivity contribution in [2.24, 2.45) is 0 Å². The lowest BCUT2D eigenvalue weighted by Crippen LogP contribution is -3.10. The molecule has 0 spiro atoms. The maximum Gasteiger partial charge on any atom is 0.269 e. The Morgan fingerprint density at radius 1 is 1.25 bits per heavy atom. The maximum absolute atomic E-state index is 11.8. The van der Waals surface area contributed by atoms with Crippen LogP contribution in [0.25, 0.3) is 0 Å². The summed E-state index contributed by atoms with van der Waals surface area (Å²) in [6.07, 6.45) is 3.59. The highest BCUT2D eigenvalue weighted by Crippen LogP contribution is 2.11. The van der Waals surface area contributed by atoms with Crippen LogP contribution in [0, 0.1) is 10.1 Å². The number of carbonyl (C=O) groups excluding carboxylic acids is 1. The van der Waals surface area contributed by atoms with Crippen molar-refractivity contribution in [1.82, 2.24) is 5.32 Å². The lowest BCUT2D eigenvalue weighted by Gasteiger charge is -2.11. The molecule has 0 aromatic heterocycles. The molecule has 1 heterocycles. The molecule has 6 nitrogen and oxygen atoms in total. The highest BCUT2D eigenvalue weighted by Gasteiger charge is 2.14. The second-order valence-corrected chi connectivity index (χ2v) is 5.12. The van der Waals surface area contributed by atoms with Gasteiger partial charge in [-0.25, -0.2) is 0 Å². The first kappa shape index (κ1) is 14.5. The number of non-ortho nitro benzene ring substituents is 1. The molecular weight excluding hydrogens is 258 g/mol. The number of nitro benzene ring substituents is 1. The van der Waals surface area contributed by atoms with Gasteiger partial charge in [-0.05, 0) is 12.1 Å². The Kier molecular flexibility index (Phi) is 5.06. The Bertz CT molecular complexity index is 467. The highest BCUT2D eigenvalue weighted by molar-refractivity contribution is 5.94. The van der Waals surface area contributed by atoms with Crippen molar-refractivity contribution in [3.05, 3.63) is 39.9 Å². The van der Waals surface area contributed by atoms with Gasteiger partial charge in [-0.1, -0.05) is 0 Å². The van der Waals surface area contributed by atoms with Crippen molar-refractivity contribution in [1.29, 1.82) is 0 Å². The number of carbonyl (C=O) groups is 1. The zero-order chi connectivity index (χ0) is 14.4. The summed E-state index contributed by atoms with van der Waals surface area (Å²) in [7, 11) is 0. The maximum atomic E-state index is 11.8. The van der Waals surface area contributed by atoms with Gasteiger partial charge in [0, 0.05) is 43.5 Å². The predicted molar refractivity (Wildman–Crippen MR) is 74.8 cm³/mol. The molecule has 2 rings (SSSR count). The molecule has 0 atom stereocenters. The molecule has 1 aromatic carbocycles. The minimum atomic E-state index is -0.472. The van der Waals surface area contributed by atoms with E-state index in [1.54, 1.807) is 4.90 Å². The molecule has 0 saturated carbocycles. The molecule has 2 N–H and O–H groups in total. The molecule has 0 unspecified atom stereocenters. The number of benzene rings is 1. The van der Waals surface area contributed by atoms with E-state index in [4.69, 9.17) is 0 Å². The van der Waals surface area contributed by atoms with Gasteiger partial charge >= 0.3 is 0 Å². The zero-order valence-corrected chi connectivity index (χ0v) is 11.4. The van der Waals surface area contributed by atoms with Crippen molar-refractivity contribution in [2.45, 2.75) is 19.3 Å². The summed E-state index contributed by atoms with van der Waals surface area (Å²) in [6, 6.07) is 5.67. The largest absolute Gasteiger partial charge is 0.352 e. The van der Waals surface area contributed by atoms with Crippen LogP contribution in [0.5, 0.6) is 0 Å². The summed E-state index contributed by atoms with van der Waals surface area (Å²) in [4.78, 5) is 23.5. The van der Waals surface area contributed by atoms with Gasteiger partial charge in [-0.15, -0.1) is 0 Å². The van der Waals surface area contributed by atoms with Gasteiger partial charge in [0.1, 0.15) is 0 Å². The summed E-state index contributed by atoms with van der Waals surface area (Å²) >= 11 is 0. The van der Waals surface area contributed by atoms with Gasteiger partial charge in [0.05, 0.1) is 24.6 Å². The van der Waals surface area contributed by atoms with E-state index >= 15 is 0 Å². The average molecular weight is 278 g/mol. The summed E-state index contributed by atoms with van der Waals surface area (Å²) in [5.74, 6) is -0.170. The smallest absolute Gasteiger partial charge is 0.269 e. The first-order valence-electron chi connectivity index (χ1n) is 7.03. The van der Waals surface area contributed by atoms with Gasteiger partial charge in [-0.2, -0.15) is 0 Å². The molecule has 0 bridgehead atoms. The van der Waals surface area contributed by atoms with E-state index in [1.807, 2.05) is 0 Å². The number of hydrogen-bond acceptors (Lipinski definition) is 3. The van der Waals surface area contributed by atoms with Crippen molar-refractivity contribution < 1.29 is 14.6 Å². The van der Waals surface area contributed by atoms with Gasteiger partial charge in [-0.3, -0.25) is 14.9 Å². The lowest BCUT2D eigenvalue weighted by atomic mass is 10.2. The van der Waals surface area contributed by atoms with E-state index in [1.165, 1.54) is 50.2 Å². The summed E-state index contributed by atoms with van der Waals surface area (Å²) in [5.41, 5.74) is 0.461. The Labute approximate surface area is 117 Å². The molecule has 1 aliphatic heterocycles. The van der Waals surface area contributed by atoms with Crippen LogP contribution >= 0.6 is 0 Å². The van der Waals surface area contributed by atoms with Crippen LogP contribution in [0.15, 0.2) is 24.3 Å². The van der Waals surface area contributed by atoms with Crippen LogP contribution in [0.2, 0.25) is 0 Å². The Balaban J connectivity index is 1.72. The fourth-order valence-electron chi connectivity index (χ4n) is 2.50. The zero-order valence-electron chi connectivity index (χ0n) is 11.4. The molecule has 20 heavy (non-hydrogen) atoms. The fraction of sp³-hybridized carbons (Fsp3) is 0.500. The number of amides is 1. The number of quaternary nitrogens is 1. The van der Waals surface area contributed by atoms with Crippen molar-refractivity contribution >= 4 is 11.6 Å². The first-order chi connectivity index (χ1) is 9.66. The van der Waals surface area contributed by atoms with Crippen molar-refractivity contribution in [2.75, 3.05) is 26.2 Å². The SMILES string of the molecule is O=C(NCCC[NH+]1CCCC1)c1ccc([N+](=O)[O-])cc1. The molecule has 0 aliphatic carbocycles. The molecule has 6 heteroatoms. The number of nitrogens with zero attached hydrogens (tertiary/aromatic N) is 1. The predicted octanol–water partition coefficient (Wildman–Crippen LogP) is 0.393. The molecule has 0 radical (unpaired) electrons. The molecular formula is C14H20N3O3+. The second-order valence-electron chi connectivity index (χ2n) is 5.12. The summed E-state index contributed by atoms with van der Waals surface area (Å²) < 4.78 is 0.